The van der Waals surface area contributed by atoms with Crippen LogP contribution in [-0.4, -0.2) is 39.8 Å². The van der Waals surface area contributed by atoms with Gasteiger partial charge >= 0.3 is 0 Å². The Bertz CT molecular complexity index is 528. The van der Waals surface area contributed by atoms with E-state index in [-0.39, 0.29) is 29.5 Å². The summed E-state index contributed by atoms with van der Waals surface area (Å²) in [5.74, 6) is -0.434. The average Bonchev–Trinajstić information content (AvgIpc) is 2.39. The van der Waals surface area contributed by atoms with Gasteiger partial charge in [-0.05, 0) is 12.1 Å². The molecule has 0 spiro atoms. The molecule has 1 aromatic carbocycles. The molecule has 0 saturated carbocycles. The van der Waals surface area contributed by atoms with Crippen LogP contribution in [0.1, 0.15) is 6.92 Å². The fraction of sp³-hybridized carbons (Fsp3) is 0.417. The highest BCUT2D eigenvalue weighted by Crippen LogP contribution is 2.21. The van der Waals surface area contributed by atoms with E-state index < -0.39 is 15.7 Å². The predicted molar refractivity (Wildman–Crippen MR) is 72.7 cm³/mol. The van der Waals surface area contributed by atoms with Gasteiger partial charge in [0, 0.05) is 6.54 Å². The zero-order chi connectivity index (χ0) is 14.3. The van der Waals surface area contributed by atoms with Crippen LogP contribution in [0.5, 0.6) is 0 Å². The summed E-state index contributed by atoms with van der Waals surface area (Å²) in [6, 6.07) is 6.28. The molecule has 19 heavy (non-hydrogen) atoms. The smallest absolute Gasteiger partial charge is 0.250 e. The summed E-state index contributed by atoms with van der Waals surface area (Å²) in [7, 11) is -3.38. The molecule has 0 aliphatic rings. The van der Waals surface area contributed by atoms with Crippen LogP contribution in [0.25, 0.3) is 0 Å². The van der Waals surface area contributed by atoms with Crippen molar-refractivity contribution in [2.75, 3.05) is 30.8 Å². The average molecular weight is 286 g/mol. The van der Waals surface area contributed by atoms with E-state index in [2.05, 4.69) is 5.32 Å². The van der Waals surface area contributed by atoms with Gasteiger partial charge in [-0.3, -0.25) is 4.79 Å². The van der Waals surface area contributed by atoms with Crippen LogP contribution in [0.15, 0.2) is 29.2 Å². The zero-order valence-corrected chi connectivity index (χ0v) is 11.6. The van der Waals surface area contributed by atoms with Crippen LogP contribution >= 0.6 is 0 Å². The molecular formula is C12H18N2O4S. The van der Waals surface area contributed by atoms with Gasteiger partial charge in [0.25, 0.3) is 0 Å². The van der Waals surface area contributed by atoms with Crippen molar-refractivity contribution in [3.8, 4) is 0 Å². The van der Waals surface area contributed by atoms with E-state index in [1.807, 2.05) is 0 Å². The summed E-state index contributed by atoms with van der Waals surface area (Å²) in [4.78, 5) is 11.7. The number of carbonyl (C=O) groups is 1. The van der Waals surface area contributed by atoms with E-state index >= 15 is 0 Å². The minimum atomic E-state index is -3.38. The SMILES string of the molecule is CCS(=O)(=O)c1ccccc1NC(=O)COCCN. The molecule has 0 aliphatic carbocycles. The van der Waals surface area contributed by atoms with Crippen LogP contribution in [0.4, 0.5) is 5.69 Å². The number of sulfone groups is 1. The first-order valence-corrected chi connectivity index (χ1v) is 7.56. The zero-order valence-electron chi connectivity index (χ0n) is 10.8. The molecular weight excluding hydrogens is 268 g/mol. The van der Waals surface area contributed by atoms with Crippen LogP contribution in [-0.2, 0) is 19.4 Å². The van der Waals surface area contributed by atoms with Gasteiger partial charge in [0.05, 0.1) is 22.9 Å². The number of amides is 1. The number of rotatable bonds is 7. The number of nitrogens with one attached hydrogen (secondary N) is 1. The van der Waals surface area contributed by atoms with Gasteiger partial charge in [-0.15, -0.1) is 0 Å². The maximum absolute atomic E-state index is 11.9. The van der Waals surface area contributed by atoms with Crippen LogP contribution in [0.3, 0.4) is 0 Å². The minimum absolute atomic E-state index is 0.0242. The monoisotopic (exact) mass is 286 g/mol. The van der Waals surface area contributed by atoms with Crippen molar-refractivity contribution < 1.29 is 17.9 Å². The van der Waals surface area contributed by atoms with Crippen molar-refractivity contribution in [1.82, 2.24) is 0 Å². The van der Waals surface area contributed by atoms with Gasteiger partial charge < -0.3 is 15.8 Å². The lowest BCUT2D eigenvalue weighted by atomic mass is 10.3. The molecule has 1 amide bonds. The number of anilines is 1. The summed E-state index contributed by atoms with van der Waals surface area (Å²) in [6.07, 6.45) is 0. The molecule has 106 valence electrons. The molecule has 0 aliphatic heterocycles. The summed E-state index contributed by atoms with van der Waals surface area (Å²) in [6.45, 7) is 2.01. The molecule has 1 rings (SSSR count). The first-order valence-electron chi connectivity index (χ1n) is 5.90. The maximum atomic E-state index is 11.9. The second kappa shape index (κ2) is 7.22. The van der Waals surface area contributed by atoms with Gasteiger partial charge in [-0.1, -0.05) is 19.1 Å². The van der Waals surface area contributed by atoms with Gasteiger partial charge in [-0.2, -0.15) is 0 Å². The second-order valence-electron chi connectivity index (χ2n) is 3.79. The van der Waals surface area contributed by atoms with E-state index in [4.69, 9.17) is 10.5 Å². The first-order chi connectivity index (χ1) is 9.01. The highest BCUT2D eigenvalue weighted by molar-refractivity contribution is 7.91. The molecule has 1 aromatic rings. The fourth-order valence-electron chi connectivity index (χ4n) is 1.43. The van der Waals surface area contributed by atoms with Gasteiger partial charge in [0.1, 0.15) is 6.61 Å². The van der Waals surface area contributed by atoms with E-state index in [9.17, 15) is 13.2 Å². The number of carbonyl (C=O) groups excluding carboxylic acids is 1. The lowest BCUT2D eigenvalue weighted by Gasteiger charge is -2.10. The molecule has 7 heteroatoms. The third-order valence-corrected chi connectivity index (χ3v) is 4.16. The number of benzene rings is 1. The van der Waals surface area contributed by atoms with Crippen LogP contribution in [0.2, 0.25) is 0 Å². The number of hydrogen-bond donors (Lipinski definition) is 2. The Morgan fingerprint density at radius 2 is 2.05 bits per heavy atom. The molecule has 0 aromatic heterocycles. The van der Waals surface area contributed by atoms with E-state index in [0.29, 0.717) is 6.54 Å². The van der Waals surface area contributed by atoms with Crippen LogP contribution < -0.4 is 11.1 Å². The number of hydrogen-bond acceptors (Lipinski definition) is 5. The van der Waals surface area contributed by atoms with E-state index in [1.54, 1.807) is 25.1 Å². The van der Waals surface area contributed by atoms with Gasteiger partial charge in [0.15, 0.2) is 9.84 Å². The molecule has 0 fully saturated rings. The van der Waals surface area contributed by atoms with Crippen molar-refractivity contribution in [2.45, 2.75) is 11.8 Å². The number of nitrogens with two attached hydrogens (primary N) is 1. The van der Waals surface area contributed by atoms with Gasteiger partial charge in [0.2, 0.25) is 5.91 Å². The highest BCUT2D eigenvalue weighted by atomic mass is 32.2. The maximum Gasteiger partial charge on any atom is 0.250 e. The lowest BCUT2D eigenvalue weighted by Crippen LogP contribution is -2.22. The van der Waals surface area contributed by atoms with E-state index in [1.165, 1.54) is 6.07 Å². The van der Waals surface area contributed by atoms with Crippen molar-refractivity contribution >= 4 is 21.4 Å². The normalized spacial score (nSPS) is 11.3. The fourth-order valence-corrected chi connectivity index (χ4v) is 2.48. The standard InChI is InChI=1S/C12H18N2O4S/c1-2-19(16,17)11-6-4-3-5-10(11)14-12(15)9-18-8-7-13/h3-6H,2,7-9,13H2,1H3,(H,14,15). The van der Waals surface area contributed by atoms with Crippen molar-refractivity contribution in [2.24, 2.45) is 5.73 Å². The van der Waals surface area contributed by atoms with E-state index in [0.717, 1.165) is 0 Å². The second-order valence-corrected chi connectivity index (χ2v) is 6.04. The molecule has 0 atom stereocenters. The quantitative estimate of drug-likeness (QED) is 0.707. The molecule has 6 nitrogen and oxygen atoms in total. The Labute approximate surface area is 112 Å². The lowest BCUT2D eigenvalue weighted by molar-refractivity contribution is -0.120. The van der Waals surface area contributed by atoms with Crippen molar-refractivity contribution in [1.29, 1.82) is 0 Å². The number of ether oxygens (including phenoxy) is 1. The Morgan fingerprint density at radius 1 is 1.37 bits per heavy atom. The third-order valence-electron chi connectivity index (χ3n) is 2.37. The largest absolute Gasteiger partial charge is 0.370 e. The molecule has 0 saturated heterocycles. The first kappa shape index (κ1) is 15.6. The Hall–Kier alpha value is -1.44. The number of para-hydroxylation sites is 1. The minimum Gasteiger partial charge on any atom is -0.370 e. The molecule has 0 unspecified atom stereocenters. The predicted octanol–water partition coefficient (Wildman–Crippen LogP) is 0.394. The topological polar surface area (TPSA) is 98.5 Å². The summed E-state index contributed by atoms with van der Waals surface area (Å²) >= 11 is 0. The molecule has 0 heterocycles. The molecule has 0 bridgehead atoms. The van der Waals surface area contributed by atoms with Gasteiger partial charge in [-0.25, -0.2) is 8.42 Å². The molecule has 0 radical (unpaired) electrons. The van der Waals surface area contributed by atoms with Crippen molar-refractivity contribution in [3.63, 3.8) is 0 Å². The molecule has 3 N–H and O–H groups in total. The highest BCUT2D eigenvalue weighted by Gasteiger charge is 2.17. The van der Waals surface area contributed by atoms with Crippen molar-refractivity contribution in [3.05, 3.63) is 24.3 Å². The summed E-state index contributed by atoms with van der Waals surface area (Å²) < 4.78 is 28.7. The summed E-state index contributed by atoms with van der Waals surface area (Å²) in [5.41, 5.74) is 5.50. The Kier molecular flexibility index (Phi) is 5.94. The third kappa shape index (κ3) is 4.62. The Balaban J connectivity index is 2.82. The Morgan fingerprint density at radius 3 is 2.68 bits per heavy atom. The van der Waals surface area contributed by atoms with Crippen LogP contribution in [0, 0.1) is 0 Å². The summed E-state index contributed by atoms with van der Waals surface area (Å²) in [5, 5.41) is 2.53.